The first-order valence-electron chi connectivity index (χ1n) is 13.1. The molecule has 0 aromatic heterocycles. The molecule has 0 heterocycles. The molecule has 39 heavy (non-hydrogen) atoms. The van der Waals surface area contributed by atoms with Crippen molar-refractivity contribution in [1.29, 1.82) is 0 Å². The fourth-order valence-electron chi connectivity index (χ4n) is 3.91. The van der Waals surface area contributed by atoms with Gasteiger partial charge in [0, 0.05) is 0 Å². The first kappa shape index (κ1) is 32.7. The number of alkyl carbamates (subject to hydrolysis) is 2. The highest BCUT2D eigenvalue weighted by molar-refractivity contribution is 6.18. The number of nitrogens with one attached hydrogen (secondary N) is 2. The van der Waals surface area contributed by atoms with Crippen LogP contribution in [0.15, 0.2) is 60.7 Å². The number of benzene rings is 2. The van der Waals surface area contributed by atoms with E-state index in [4.69, 9.17) is 37.4 Å². The van der Waals surface area contributed by atoms with Gasteiger partial charge in [-0.05, 0) is 65.5 Å². The third kappa shape index (κ3) is 12.9. The Morgan fingerprint density at radius 1 is 0.667 bits per heavy atom. The molecule has 0 fully saturated rings. The van der Waals surface area contributed by atoms with Crippen LogP contribution in [0.5, 0.6) is 0 Å². The van der Waals surface area contributed by atoms with Gasteiger partial charge in [0.05, 0.1) is 36.1 Å². The number of hydrogen-bond acceptors (Lipinski definition) is 5. The maximum atomic E-state index is 12.8. The smallest absolute Gasteiger partial charge is 0.407 e. The maximum absolute atomic E-state index is 12.8. The van der Waals surface area contributed by atoms with Crippen molar-refractivity contribution in [1.82, 2.24) is 10.6 Å². The second kappa shape index (κ2) is 15.3. The zero-order valence-electron chi connectivity index (χ0n) is 23.7. The Morgan fingerprint density at radius 2 is 1.00 bits per heavy atom. The first-order valence-corrected chi connectivity index (χ1v) is 14.2. The summed E-state index contributed by atoms with van der Waals surface area (Å²) in [5.41, 5.74) is 0.644. The summed E-state index contributed by atoms with van der Waals surface area (Å²) in [4.78, 5) is 25.5. The van der Waals surface area contributed by atoms with Crippen LogP contribution < -0.4 is 10.6 Å². The normalized spacial score (nSPS) is 15.0. The highest BCUT2D eigenvalue weighted by Crippen LogP contribution is 2.19. The van der Waals surface area contributed by atoms with E-state index in [1.54, 1.807) is 41.5 Å². The van der Waals surface area contributed by atoms with Crippen LogP contribution >= 0.6 is 23.2 Å². The van der Waals surface area contributed by atoms with Gasteiger partial charge < -0.3 is 24.8 Å². The highest BCUT2D eigenvalue weighted by atomic mass is 35.5. The SMILES string of the molecule is CC(C)(C)OC(=O)N[C@@H](Cc1ccccc1)[C@@H](CCl)O[C@H](CCl)[C@H](Cc1ccccc1)NC(=O)OC(C)(C)C. The molecule has 2 N–H and O–H groups in total. The van der Waals surface area contributed by atoms with Crippen LogP contribution in [0, 0.1) is 0 Å². The Kier molecular flexibility index (Phi) is 12.9. The summed E-state index contributed by atoms with van der Waals surface area (Å²) in [7, 11) is 0. The summed E-state index contributed by atoms with van der Waals surface area (Å²) in [5, 5.41) is 5.87. The van der Waals surface area contributed by atoms with Crippen molar-refractivity contribution in [2.45, 2.75) is 89.9 Å². The summed E-state index contributed by atoms with van der Waals surface area (Å²) in [6.07, 6.45) is -1.51. The Labute approximate surface area is 242 Å². The monoisotopic (exact) mass is 580 g/mol. The summed E-state index contributed by atoms with van der Waals surface area (Å²) < 4.78 is 17.5. The molecule has 2 aromatic rings. The topological polar surface area (TPSA) is 85.9 Å². The van der Waals surface area contributed by atoms with Gasteiger partial charge in [-0.2, -0.15) is 0 Å². The summed E-state index contributed by atoms with van der Waals surface area (Å²) in [6.45, 7) is 10.8. The zero-order chi connectivity index (χ0) is 29.1. The number of ether oxygens (including phenoxy) is 3. The Hall–Kier alpha value is -2.48. The number of hydrogen-bond donors (Lipinski definition) is 2. The van der Waals surface area contributed by atoms with Crippen LogP contribution in [0.25, 0.3) is 0 Å². The van der Waals surface area contributed by atoms with Gasteiger partial charge in [-0.3, -0.25) is 0 Å². The van der Waals surface area contributed by atoms with Crippen molar-refractivity contribution in [2.24, 2.45) is 0 Å². The molecule has 2 rings (SSSR count). The summed E-state index contributed by atoms with van der Waals surface area (Å²) >= 11 is 12.9. The quantitative estimate of drug-likeness (QED) is 0.280. The molecule has 0 aliphatic carbocycles. The third-order valence-electron chi connectivity index (χ3n) is 5.55. The van der Waals surface area contributed by atoms with E-state index < -0.39 is 47.7 Å². The fourth-order valence-corrected chi connectivity index (χ4v) is 4.48. The third-order valence-corrected chi connectivity index (χ3v) is 6.16. The maximum Gasteiger partial charge on any atom is 0.407 e. The van der Waals surface area contributed by atoms with Gasteiger partial charge in [-0.25, -0.2) is 9.59 Å². The minimum atomic E-state index is -0.671. The van der Waals surface area contributed by atoms with Crippen molar-refractivity contribution < 1.29 is 23.8 Å². The molecule has 0 spiro atoms. The van der Waals surface area contributed by atoms with Gasteiger partial charge >= 0.3 is 12.2 Å². The van der Waals surface area contributed by atoms with E-state index >= 15 is 0 Å². The molecule has 0 saturated heterocycles. The van der Waals surface area contributed by atoms with Gasteiger partial charge in [0.15, 0.2) is 0 Å². The van der Waals surface area contributed by atoms with E-state index in [0.717, 1.165) is 11.1 Å². The molecule has 0 radical (unpaired) electrons. The molecule has 9 heteroatoms. The molecule has 216 valence electrons. The molecule has 0 aliphatic rings. The minimum absolute atomic E-state index is 0.0746. The van der Waals surface area contributed by atoms with E-state index in [1.807, 2.05) is 60.7 Å². The number of rotatable bonds is 12. The van der Waals surface area contributed by atoms with Crippen LogP contribution in [0.2, 0.25) is 0 Å². The van der Waals surface area contributed by atoms with E-state index in [9.17, 15) is 9.59 Å². The van der Waals surface area contributed by atoms with E-state index in [0.29, 0.717) is 12.8 Å². The molecule has 2 amide bonds. The van der Waals surface area contributed by atoms with Crippen molar-refractivity contribution in [3.8, 4) is 0 Å². The standard InChI is InChI=1S/C30H42Cl2N2O5/c1-29(2,3)38-27(35)33-23(17-21-13-9-7-10-14-21)25(19-31)37-26(20-32)24(18-22-15-11-8-12-16-22)34-28(36)39-30(4,5)6/h7-16,23-26H,17-20H2,1-6H3,(H,33,35)(H,34,36)/t23-,24-,25+,26+/m0/s1. The van der Waals surface area contributed by atoms with E-state index in [1.165, 1.54) is 0 Å². The number of alkyl halides is 2. The van der Waals surface area contributed by atoms with Crippen LogP contribution in [-0.4, -0.2) is 59.4 Å². The molecule has 0 saturated carbocycles. The van der Waals surface area contributed by atoms with Crippen molar-refractivity contribution >= 4 is 35.4 Å². The molecule has 0 unspecified atom stereocenters. The van der Waals surface area contributed by atoms with Crippen LogP contribution in [0.3, 0.4) is 0 Å². The first-order chi connectivity index (χ1) is 18.3. The predicted molar refractivity (Wildman–Crippen MR) is 157 cm³/mol. The lowest BCUT2D eigenvalue weighted by Gasteiger charge is -2.34. The molecule has 0 bridgehead atoms. The molecule has 4 atom stereocenters. The summed E-state index contributed by atoms with van der Waals surface area (Å²) in [6, 6.07) is 18.4. The highest BCUT2D eigenvalue weighted by Gasteiger charge is 2.33. The molecule has 0 aliphatic heterocycles. The van der Waals surface area contributed by atoms with Crippen molar-refractivity contribution in [2.75, 3.05) is 11.8 Å². The van der Waals surface area contributed by atoms with E-state index in [2.05, 4.69) is 10.6 Å². The van der Waals surface area contributed by atoms with E-state index in [-0.39, 0.29) is 11.8 Å². The lowest BCUT2D eigenvalue weighted by atomic mass is 10.00. The molecule has 2 aromatic carbocycles. The lowest BCUT2D eigenvalue weighted by Crippen LogP contribution is -2.54. The minimum Gasteiger partial charge on any atom is -0.444 e. The average molecular weight is 582 g/mol. The Morgan fingerprint density at radius 3 is 1.28 bits per heavy atom. The number of amides is 2. The Bertz CT molecular complexity index is 928. The van der Waals surface area contributed by atoms with Crippen LogP contribution in [-0.2, 0) is 27.1 Å². The zero-order valence-corrected chi connectivity index (χ0v) is 25.2. The molecular formula is C30H42Cl2N2O5. The second-order valence-corrected chi connectivity index (χ2v) is 12.0. The summed E-state index contributed by atoms with van der Waals surface area (Å²) in [5.74, 6) is 0.149. The number of carbonyl (C=O) groups excluding carboxylic acids is 2. The van der Waals surface area contributed by atoms with Gasteiger partial charge in [-0.1, -0.05) is 60.7 Å². The van der Waals surface area contributed by atoms with Crippen molar-refractivity contribution in [3.63, 3.8) is 0 Å². The van der Waals surface area contributed by atoms with Crippen LogP contribution in [0.4, 0.5) is 9.59 Å². The lowest BCUT2D eigenvalue weighted by molar-refractivity contribution is -0.0305. The second-order valence-electron chi connectivity index (χ2n) is 11.4. The van der Waals surface area contributed by atoms with Gasteiger partial charge in [0.2, 0.25) is 0 Å². The number of halogens is 2. The van der Waals surface area contributed by atoms with Gasteiger partial charge in [-0.15, -0.1) is 23.2 Å². The Balaban J connectivity index is 2.31. The van der Waals surface area contributed by atoms with Crippen molar-refractivity contribution in [3.05, 3.63) is 71.8 Å². The van der Waals surface area contributed by atoms with Gasteiger partial charge in [0.25, 0.3) is 0 Å². The number of carbonyl (C=O) groups is 2. The van der Waals surface area contributed by atoms with Gasteiger partial charge in [0.1, 0.15) is 11.2 Å². The molecular weight excluding hydrogens is 539 g/mol. The van der Waals surface area contributed by atoms with Crippen LogP contribution in [0.1, 0.15) is 52.7 Å². The fraction of sp³-hybridized carbons (Fsp3) is 0.533. The largest absolute Gasteiger partial charge is 0.444 e. The predicted octanol–water partition coefficient (Wildman–Crippen LogP) is 6.49. The molecule has 7 nitrogen and oxygen atoms in total. The average Bonchev–Trinajstić information content (AvgIpc) is 2.83.